The lowest BCUT2D eigenvalue weighted by molar-refractivity contribution is -0.163. The Hall–Kier alpha value is -2.54. The fourth-order valence-electron chi connectivity index (χ4n) is 7.26. The molecule has 37 heavy (non-hydrogen) atoms. The Kier molecular flexibility index (Phi) is 7.53. The highest BCUT2D eigenvalue weighted by molar-refractivity contribution is 5.78. The van der Waals surface area contributed by atoms with Crippen molar-refractivity contribution < 1.29 is 14.3 Å². The van der Waals surface area contributed by atoms with Crippen LogP contribution in [0.5, 0.6) is 0 Å². The van der Waals surface area contributed by atoms with Crippen molar-refractivity contribution in [3.05, 3.63) is 52.8 Å². The van der Waals surface area contributed by atoms with Gasteiger partial charge < -0.3 is 10.0 Å². The minimum atomic E-state index is -1.10. The first-order chi connectivity index (χ1) is 17.8. The summed E-state index contributed by atoms with van der Waals surface area (Å²) in [6.45, 7) is 3.26. The summed E-state index contributed by atoms with van der Waals surface area (Å²) in [5.41, 5.74) is -1.26. The van der Waals surface area contributed by atoms with E-state index in [1.165, 1.54) is 55.1 Å². The predicted molar refractivity (Wildman–Crippen MR) is 141 cm³/mol. The molecule has 1 N–H and O–H groups in total. The van der Waals surface area contributed by atoms with Gasteiger partial charge in [0.1, 0.15) is 5.82 Å². The van der Waals surface area contributed by atoms with Crippen LogP contribution in [0, 0.1) is 23.1 Å². The number of rotatable bonds is 6. The van der Waals surface area contributed by atoms with E-state index in [9.17, 15) is 19.1 Å². The largest absolute Gasteiger partial charge is 0.387 e. The van der Waals surface area contributed by atoms with E-state index < -0.39 is 16.8 Å². The van der Waals surface area contributed by atoms with E-state index >= 15 is 0 Å². The zero-order valence-electron chi connectivity index (χ0n) is 22.0. The van der Waals surface area contributed by atoms with Gasteiger partial charge in [-0.1, -0.05) is 64.0 Å². The molecular formula is C30H40FN3O3. The lowest BCUT2D eigenvalue weighted by Crippen LogP contribution is -2.62. The van der Waals surface area contributed by atoms with E-state index in [1.54, 1.807) is 18.2 Å². The van der Waals surface area contributed by atoms with Crippen molar-refractivity contribution in [2.75, 3.05) is 13.1 Å². The molecule has 1 aromatic heterocycles. The van der Waals surface area contributed by atoms with Gasteiger partial charge in [-0.15, -0.1) is 0 Å². The number of aromatic nitrogens is 2. The Morgan fingerprint density at radius 2 is 1.86 bits per heavy atom. The van der Waals surface area contributed by atoms with Gasteiger partial charge >= 0.3 is 0 Å². The monoisotopic (exact) mass is 509 g/mol. The first kappa shape index (κ1) is 26.1. The highest BCUT2D eigenvalue weighted by Crippen LogP contribution is 2.51. The number of hydrogen-bond acceptors (Lipinski definition) is 4. The van der Waals surface area contributed by atoms with Crippen LogP contribution in [0.25, 0.3) is 11.3 Å². The summed E-state index contributed by atoms with van der Waals surface area (Å²) in [5.74, 6) is 0.449. The maximum atomic E-state index is 14.2. The summed E-state index contributed by atoms with van der Waals surface area (Å²) in [7, 11) is 0. The summed E-state index contributed by atoms with van der Waals surface area (Å²) in [5, 5.41) is 12.0. The summed E-state index contributed by atoms with van der Waals surface area (Å²) >= 11 is 0. The summed E-state index contributed by atoms with van der Waals surface area (Å²) in [4.78, 5) is 32.9. The smallest absolute Gasteiger partial charge is 0.253 e. The summed E-state index contributed by atoms with van der Waals surface area (Å²) in [6.07, 6.45) is 12.9. The molecule has 7 heteroatoms. The first-order valence-corrected chi connectivity index (χ1v) is 14.1. The molecule has 1 aliphatic heterocycles. The first-order valence-electron chi connectivity index (χ1n) is 14.1. The molecule has 1 aromatic carbocycles. The van der Waals surface area contributed by atoms with Crippen LogP contribution in [-0.2, 0) is 11.3 Å². The van der Waals surface area contributed by atoms with Crippen LogP contribution in [0.3, 0.4) is 0 Å². The van der Waals surface area contributed by atoms with Crippen LogP contribution in [-0.4, -0.2) is 44.2 Å². The number of aliphatic hydroxyl groups is 1. The molecule has 6 nitrogen and oxygen atoms in total. The van der Waals surface area contributed by atoms with Gasteiger partial charge in [-0.25, -0.2) is 9.37 Å². The molecule has 2 aliphatic carbocycles. The average Bonchev–Trinajstić information content (AvgIpc) is 3.37. The SMILES string of the molecule is CC(CC1CCCCC1)C(=O)N1CCC(O)(Cn2cnc(-c3ccccc3F)cc2=O)C2(CCCC2)C1. The molecule has 0 bridgehead atoms. The second-order valence-electron chi connectivity index (χ2n) is 11.9. The van der Waals surface area contributed by atoms with Crippen LogP contribution in [0.15, 0.2) is 41.5 Å². The topological polar surface area (TPSA) is 75.4 Å². The van der Waals surface area contributed by atoms with Gasteiger partial charge in [-0.2, -0.15) is 0 Å². The minimum Gasteiger partial charge on any atom is -0.387 e. The standard InChI is InChI=1S/C30H40FN3O3/c1-22(17-23-9-3-2-4-10-23)28(36)33-16-15-30(37,29(19-33)13-7-8-14-29)20-34-21-32-26(18-27(34)35)24-11-5-6-12-25(24)31/h5-6,11-12,18,21-23,37H,2-4,7-10,13-17,19-20H2,1H3. The molecule has 2 atom stereocenters. The number of carbonyl (C=O) groups is 1. The third-order valence-electron chi connectivity index (χ3n) is 9.44. The second kappa shape index (κ2) is 10.7. The van der Waals surface area contributed by atoms with Crippen molar-refractivity contribution in [1.29, 1.82) is 0 Å². The average molecular weight is 510 g/mol. The van der Waals surface area contributed by atoms with Gasteiger partial charge in [-0.05, 0) is 43.7 Å². The van der Waals surface area contributed by atoms with Crippen molar-refractivity contribution in [3.8, 4) is 11.3 Å². The lowest BCUT2D eigenvalue weighted by Gasteiger charge is -2.52. The van der Waals surface area contributed by atoms with E-state index in [0.29, 0.717) is 25.4 Å². The normalized spacial score (nSPS) is 24.9. The van der Waals surface area contributed by atoms with Gasteiger partial charge in [-0.3, -0.25) is 14.2 Å². The molecule has 0 radical (unpaired) electrons. The van der Waals surface area contributed by atoms with E-state index in [0.717, 1.165) is 32.1 Å². The third-order valence-corrected chi connectivity index (χ3v) is 9.44. The van der Waals surface area contributed by atoms with Crippen molar-refractivity contribution in [2.45, 2.75) is 89.7 Å². The maximum absolute atomic E-state index is 14.2. The molecule has 2 unspecified atom stereocenters. The third kappa shape index (κ3) is 5.25. The number of amides is 1. The Bertz CT molecular complexity index is 1170. The lowest BCUT2D eigenvalue weighted by atomic mass is 9.65. The van der Waals surface area contributed by atoms with Crippen LogP contribution < -0.4 is 5.56 Å². The van der Waals surface area contributed by atoms with Crippen LogP contribution in [0.4, 0.5) is 4.39 Å². The fourth-order valence-corrected chi connectivity index (χ4v) is 7.26. The van der Waals surface area contributed by atoms with Crippen LogP contribution in [0.1, 0.15) is 77.6 Å². The number of nitrogens with zero attached hydrogens (tertiary/aromatic N) is 3. The highest BCUT2D eigenvalue weighted by atomic mass is 19.1. The van der Waals surface area contributed by atoms with E-state index in [4.69, 9.17) is 0 Å². The van der Waals surface area contributed by atoms with Crippen LogP contribution >= 0.6 is 0 Å². The van der Waals surface area contributed by atoms with Crippen molar-refractivity contribution in [1.82, 2.24) is 14.5 Å². The number of hydrogen-bond donors (Lipinski definition) is 1. The van der Waals surface area contributed by atoms with Crippen molar-refractivity contribution in [2.24, 2.45) is 17.3 Å². The molecule has 3 fully saturated rings. The molecule has 2 saturated carbocycles. The maximum Gasteiger partial charge on any atom is 0.253 e. The molecule has 2 aromatic rings. The number of piperidine rings is 1. The molecule has 1 amide bonds. The molecule has 1 saturated heterocycles. The Morgan fingerprint density at radius 3 is 2.57 bits per heavy atom. The number of likely N-dealkylation sites (tertiary alicyclic amines) is 1. The molecule has 1 spiro atoms. The molecule has 3 aliphatic rings. The Morgan fingerprint density at radius 1 is 1.14 bits per heavy atom. The van der Waals surface area contributed by atoms with Crippen molar-refractivity contribution in [3.63, 3.8) is 0 Å². The number of benzene rings is 1. The second-order valence-corrected chi connectivity index (χ2v) is 11.9. The van der Waals surface area contributed by atoms with Crippen LogP contribution in [0.2, 0.25) is 0 Å². The van der Waals surface area contributed by atoms with Gasteiger partial charge in [0, 0.05) is 36.1 Å². The summed E-state index contributed by atoms with van der Waals surface area (Å²) < 4.78 is 15.7. The highest BCUT2D eigenvalue weighted by Gasteiger charge is 2.55. The fraction of sp³-hybridized carbons (Fsp3) is 0.633. The molecule has 2 heterocycles. The molecular weight excluding hydrogens is 469 g/mol. The molecule has 5 rings (SSSR count). The van der Waals surface area contributed by atoms with Gasteiger partial charge in [0.25, 0.3) is 5.56 Å². The zero-order chi connectivity index (χ0) is 26.0. The van der Waals surface area contributed by atoms with Crippen molar-refractivity contribution >= 4 is 5.91 Å². The molecule has 200 valence electrons. The number of carbonyl (C=O) groups excluding carboxylic acids is 1. The number of halogens is 1. The predicted octanol–water partition coefficient (Wildman–Crippen LogP) is 5.18. The Balaban J connectivity index is 1.32. The quantitative estimate of drug-likeness (QED) is 0.582. The zero-order valence-corrected chi connectivity index (χ0v) is 22.0. The van der Waals surface area contributed by atoms with Gasteiger partial charge in [0.2, 0.25) is 5.91 Å². The van der Waals surface area contributed by atoms with E-state index in [2.05, 4.69) is 11.9 Å². The Labute approximate surface area is 218 Å². The van der Waals surface area contributed by atoms with Gasteiger partial charge in [0.15, 0.2) is 0 Å². The van der Waals surface area contributed by atoms with Gasteiger partial charge in [0.05, 0.1) is 24.2 Å². The van der Waals surface area contributed by atoms with E-state index in [-0.39, 0.29) is 35.2 Å². The van der Waals surface area contributed by atoms with E-state index in [1.807, 2.05) is 4.90 Å². The minimum absolute atomic E-state index is 0.00508. The summed E-state index contributed by atoms with van der Waals surface area (Å²) in [6, 6.07) is 7.60.